The predicted octanol–water partition coefficient (Wildman–Crippen LogP) is 3.14. The van der Waals surface area contributed by atoms with Crippen LogP contribution in [-0.2, 0) is 4.74 Å². The summed E-state index contributed by atoms with van der Waals surface area (Å²) in [5.74, 6) is 1.06. The van der Waals surface area contributed by atoms with Gasteiger partial charge in [0.25, 0.3) is 0 Å². The number of esters is 1. The van der Waals surface area contributed by atoms with Crippen molar-refractivity contribution < 1.29 is 23.7 Å². The number of halogens is 1. The van der Waals surface area contributed by atoms with Crippen LogP contribution in [0.15, 0.2) is 10.5 Å². The van der Waals surface area contributed by atoms with E-state index in [1.807, 2.05) is 0 Å². The number of fused-ring (bicyclic) bond motifs is 1. The number of carbonyl (C=O) groups excluding carboxylic acids is 1. The molecule has 1 aliphatic heterocycles. The van der Waals surface area contributed by atoms with E-state index in [1.165, 1.54) is 7.11 Å². The summed E-state index contributed by atoms with van der Waals surface area (Å²) in [6.07, 6.45) is 1.94. The predicted molar refractivity (Wildman–Crippen MR) is 72.0 cm³/mol. The minimum atomic E-state index is -0.453. The first-order chi connectivity index (χ1) is 9.19. The number of hydrogen-bond donors (Lipinski definition) is 0. The number of ether oxygens (including phenoxy) is 4. The van der Waals surface area contributed by atoms with E-state index >= 15 is 0 Å². The van der Waals surface area contributed by atoms with Crippen molar-refractivity contribution in [1.29, 1.82) is 0 Å². The largest absolute Gasteiger partial charge is 0.488 e. The molecule has 0 radical (unpaired) electrons. The van der Waals surface area contributed by atoms with Crippen molar-refractivity contribution in [2.45, 2.75) is 19.8 Å². The van der Waals surface area contributed by atoms with Gasteiger partial charge >= 0.3 is 5.97 Å². The van der Waals surface area contributed by atoms with Crippen LogP contribution < -0.4 is 14.2 Å². The van der Waals surface area contributed by atoms with Gasteiger partial charge in [0, 0.05) is 6.07 Å². The monoisotopic (exact) mass is 330 g/mol. The van der Waals surface area contributed by atoms with Crippen LogP contribution in [0, 0.1) is 0 Å². The Balaban J connectivity index is 2.38. The zero-order valence-corrected chi connectivity index (χ0v) is 12.4. The highest BCUT2D eigenvalue weighted by molar-refractivity contribution is 9.10. The molecule has 1 aromatic carbocycles. The van der Waals surface area contributed by atoms with Crippen LogP contribution in [0.2, 0.25) is 0 Å². The van der Waals surface area contributed by atoms with Crippen molar-refractivity contribution in [3.63, 3.8) is 0 Å². The van der Waals surface area contributed by atoms with Crippen molar-refractivity contribution in [2.75, 3.05) is 20.5 Å². The molecule has 0 amide bonds. The molecule has 6 heteroatoms. The summed E-state index contributed by atoms with van der Waals surface area (Å²) in [7, 11) is 1.33. The smallest absolute Gasteiger partial charge is 0.339 e. The average Bonchev–Trinajstić information content (AvgIpc) is 2.88. The summed E-state index contributed by atoms with van der Waals surface area (Å²) in [6.45, 7) is 2.75. The Kier molecular flexibility index (Phi) is 4.52. The van der Waals surface area contributed by atoms with Crippen molar-refractivity contribution in [3.8, 4) is 17.2 Å². The molecule has 0 bridgehead atoms. The van der Waals surface area contributed by atoms with Crippen LogP contribution in [0.1, 0.15) is 30.1 Å². The second-order valence-electron chi connectivity index (χ2n) is 3.99. The minimum Gasteiger partial charge on any atom is -0.488 e. The van der Waals surface area contributed by atoms with E-state index < -0.39 is 5.97 Å². The summed E-state index contributed by atoms with van der Waals surface area (Å²) < 4.78 is 21.6. The Morgan fingerprint density at radius 1 is 1.47 bits per heavy atom. The van der Waals surface area contributed by atoms with Crippen molar-refractivity contribution in [1.82, 2.24) is 0 Å². The van der Waals surface area contributed by atoms with Crippen molar-refractivity contribution in [2.24, 2.45) is 0 Å². The molecule has 0 unspecified atom stereocenters. The van der Waals surface area contributed by atoms with Crippen LogP contribution in [0.4, 0.5) is 0 Å². The van der Waals surface area contributed by atoms with Gasteiger partial charge in [-0.3, -0.25) is 0 Å². The van der Waals surface area contributed by atoms with Gasteiger partial charge in [0.1, 0.15) is 0 Å². The highest BCUT2D eigenvalue weighted by Crippen LogP contribution is 2.47. The van der Waals surface area contributed by atoms with E-state index in [4.69, 9.17) is 18.9 Å². The maximum Gasteiger partial charge on any atom is 0.339 e. The Hall–Kier alpha value is -1.43. The molecule has 0 fully saturated rings. The van der Waals surface area contributed by atoms with E-state index in [0.29, 0.717) is 33.9 Å². The van der Waals surface area contributed by atoms with Gasteiger partial charge in [0.2, 0.25) is 12.5 Å². The lowest BCUT2D eigenvalue weighted by Gasteiger charge is -2.13. The second kappa shape index (κ2) is 6.14. The van der Waals surface area contributed by atoms with E-state index in [-0.39, 0.29) is 6.79 Å². The lowest BCUT2D eigenvalue weighted by atomic mass is 10.2. The molecule has 104 valence electrons. The first kappa shape index (κ1) is 14.0. The summed E-state index contributed by atoms with van der Waals surface area (Å²) in [6, 6.07) is 1.59. The molecule has 2 rings (SSSR count). The van der Waals surface area contributed by atoms with Crippen LogP contribution in [-0.4, -0.2) is 26.5 Å². The van der Waals surface area contributed by atoms with Gasteiger partial charge in [-0.05, 0) is 22.4 Å². The molecule has 0 atom stereocenters. The molecule has 0 saturated carbocycles. The Morgan fingerprint density at radius 2 is 2.26 bits per heavy atom. The number of carbonyl (C=O) groups is 1. The normalized spacial score (nSPS) is 12.4. The molecule has 0 spiro atoms. The number of hydrogen-bond acceptors (Lipinski definition) is 5. The van der Waals surface area contributed by atoms with Crippen molar-refractivity contribution >= 4 is 21.9 Å². The summed E-state index contributed by atoms with van der Waals surface area (Å²) in [5, 5.41) is 0. The number of methoxy groups -OCH3 is 1. The maximum absolute atomic E-state index is 11.7. The van der Waals surface area contributed by atoms with Crippen molar-refractivity contribution in [3.05, 3.63) is 16.1 Å². The molecule has 0 aliphatic carbocycles. The van der Waals surface area contributed by atoms with Gasteiger partial charge < -0.3 is 18.9 Å². The lowest BCUT2D eigenvalue weighted by Crippen LogP contribution is -2.05. The number of unbranched alkanes of at least 4 members (excludes halogenated alkanes) is 1. The number of benzene rings is 1. The molecular weight excluding hydrogens is 316 g/mol. The van der Waals surface area contributed by atoms with Gasteiger partial charge in [0.05, 0.1) is 23.8 Å². The Labute approximate surface area is 119 Å². The molecule has 0 saturated heterocycles. The molecule has 0 N–H and O–H groups in total. The third kappa shape index (κ3) is 2.78. The quantitative estimate of drug-likeness (QED) is 0.613. The summed E-state index contributed by atoms with van der Waals surface area (Å²) in [4.78, 5) is 11.7. The molecule has 0 aromatic heterocycles. The van der Waals surface area contributed by atoms with Gasteiger partial charge in [-0.15, -0.1) is 0 Å². The molecule has 1 heterocycles. The van der Waals surface area contributed by atoms with E-state index in [0.717, 1.165) is 12.8 Å². The van der Waals surface area contributed by atoms with E-state index in [9.17, 15) is 4.79 Å². The standard InChI is InChI=1S/C13H15BrO5/c1-3-4-5-17-12-10(14)8(13(15)16-2)6-9-11(12)19-7-18-9/h6H,3-5,7H2,1-2H3. The Morgan fingerprint density at radius 3 is 2.95 bits per heavy atom. The van der Waals surface area contributed by atoms with Crippen LogP contribution in [0.5, 0.6) is 17.2 Å². The van der Waals surface area contributed by atoms with Crippen LogP contribution in [0.3, 0.4) is 0 Å². The zero-order chi connectivity index (χ0) is 13.8. The lowest BCUT2D eigenvalue weighted by molar-refractivity contribution is 0.0598. The average molecular weight is 331 g/mol. The van der Waals surface area contributed by atoms with Gasteiger partial charge in [-0.2, -0.15) is 0 Å². The van der Waals surface area contributed by atoms with Gasteiger partial charge in [-0.1, -0.05) is 13.3 Å². The Bertz CT molecular complexity index is 486. The summed E-state index contributed by atoms with van der Waals surface area (Å²) >= 11 is 3.37. The third-order valence-electron chi connectivity index (χ3n) is 2.71. The van der Waals surface area contributed by atoms with Gasteiger partial charge in [-0.25, -0.2) is 4.79 Å². The fraction of sp³-hybridized carbons (Fsp3) is 0.462. The third-order valence-corrected chi connectivity index (χ3v) is 3.50. The second-order valence-corrected chi connectivity index (χ2v) is 4.79. The fourth-order valence-electron chi connectivity index (χ4n) is 1.70. The maximum atomic E-state index is 11.7. The minimum absolute atomic E-state index is 0.122. The van der Waals surface area contributed by atoms with Crippen LogP contribution >= 0.6 is 15.9 Å². The first-order valence-corrected chi connectivity index (χ1v) is 6.81. The first-order valence-electron chi connectivity index (χ1n) is 6.02. The van der Waals surface area contributed by atoms with E-state index in [2.05, 4.69) is 22.9 Å². The highest BCUT2D eigenvalue weighted by atomic mass is 79.9. The molecule has 1 aliphatic rings. The SMILES string of the molecule is CCCCOc1c(Br)c(C(=O)OC)cc2c1OCO2. The molecule has 19 heavy (non-hydrogen) atoms. The zero-order valence-electron chi connectivity index (χ0n) is 10.8. The molecule has 5 nitrogen and oxygen atoms in total. The van der Waals surface area contributed by atoms with Crippen LogP contribution in [0.25, 0.3) is 0 Å². The number of rotatable bonds is 5. The topological polar surface area (TPSA) is 54.0 Å². The fourth-order valence-corrected chi connectivity index (χ4v) is 2.27. The summed E-state index contributed by atoms with van der Waals surface area (Å²) in [5.41, 5.74) is 0.359. The molecule has 1 aromatic rings. The van der Waals surface area contributed by atoms with E-state index in [1.54, 1.807) is 6.07 Å². The molecular formula is C13H15BrO5. The van der Waals surface area contributed by atoms with Gasteiger partial charge in [0.15, 0.2) is 11.5 Å². The highest BCUT2D eigenvalue weighted by Gasteiger charge is 2.27.